The van der Waals surface area contributed by atoms with Crippen molar-refractivity contribution in [2.75, 3.05) is 19.8 Å². The molecule has 234 valence electrons. The minimum atomic E-state index is -0.884. The molecule has 10 nitrogen and oxygen atoms in total. The van der Waals surface area contributed by atoms with Crippen LogP contribution in [0.4, 0.5) is 4.79 Å². The Bertz CT molecular complexity index is 1010. The van der Waals surface area contributed by atoms with Gasteiger partial charge in [-0.15, -0.1) is 12.4 Å². The van der Waals surface area contributed by atoms with Gasteiger partial charge in [-0.3, -0.25) is 10.2 Å². The van der Waals surface area contributed by atoms with Gasteiger partial charge in [0.2, 0.25) is 5.91 Å². The molecule has 0 unspecified atom stereocenters. The Morgan fingerprint density at radius 1 is 0.857 bits per heavy atom. The van der Waals surface area contributed by atoms with E-state index in [2.05, 4.69) is 29.8 Å². The van der Waals surface area contributed by atoms with Gasteiger partial charge in [0.25, 0.3) is 0 Å². The second-order valence-electron chi connectivity index (χ2n) is 9.86. The zero-order chi connectivity index (χ0) is 29.7. The van der Waals surface area contributed by atoms with E-state index in [0.29, 0.717) is 32.6 Å². The summed E-state index contributed by atoms with van der Waals surface area (Å²) in [6.45, 7) is 5.73. The summed E-state index contributed by atoms with van der Waals surface area (Å²) >= 11 is 0. The monoisotopic (exact) mass is 605 g/mol. The second kappa shape index (κ2) is 22.3. The van der Waals surface area contributed by atoms with E-state index < -0.39 is 24.5 Å². The van der Waals surface area contributed by atoms with Crippen LogP contribution in [-0.2, 0) is 32.0 Å². The van der Waals surface area contributed by atoms with Crippen LogP contribution in [0, 0.1) is 5.41 Å². The van der Waals surface area contributed by atoms with Crippen LogP contribution in [0.25, 0.3) is 0 Å². The molecule has 2 aromatic rings. The first kappa shape index (κ1) is 36.7. The number of carbonyl (C=O) groups is 2. The van der Waals surface area contributed by atoms with E-state index >= 15 is 0 Å². The van der Waals surface area contributed by atoms with Gasteiger partial charge in [-0.25, -0.2) is 4.79 Å². The number of nitrogens with one attached hydrogen (secondary N) is 4. The third kappa shape index (κ3) is 15.6. The topological polar surface area (TPSA) is 148 Å². The fourth-order valence-electron chi connectivity index (χ4n) is 4.04. The van der Waals surface area contributed by atoms with Crippen molar-refractivity contribution in [3.05, 3.63) is 71.8 Å². The van der Waals surface area contributed by atoms with Gasteiger partial charge >= 0.3 is 6.09 Å². The van der Waals surface area contributed by atoms with Gasteiger partial charge in [0.05, 0.1) is 6.04 Å². The number of alkyl carbamates (subject to hydrolysis) is 1. The van der Waals surface area contributed by atoms with Crippen LogP contribution in [-0.4, -0.2) is 56.1 Å². The number of unbranched alkanes of at least 4 members (excludes halogenated alkanes) is 2. The number of guanidine groups is 1. The van der Waals surface area contributed by atoms with E-state index in [4.69, 9.17) is 25.4 Å². The van der Waals surface area contributed by atoms with E-state index in [-0.39, 0.29) is 37.3 Å². The highest BCUT2D eigenvalue weighted by Crippen LogP contribution is 2.13. The van der Waals surface area contributed by atoms with Crippen LogP contribution < -0.4 is 21.7 Å². The summed E-state index contributed by atoms with van der Waals surface area (Å²) in [6, 6.07) is 17.5. The van der Waals surface area contributed by atoms with Gasteiger partial charge in [-0.1, -0.05) is 87.4 Å². The molecular weight excluding hydrogens is 558 g/mol. The number of hydrogen-bond acceptors (Lipinski definition) is 6. The van der Waals surface area contributed by atoms with E-state index in [9.17, 15) is 9.59 Å². The number of rotatable bonds is 20. The van der Waals surface area contributed by atoms with Crippen LogP contribution in [0.2, 0.25) is 0 Å². The largest absolute Gasteiger partial charge is 0.445 e. The highest BCUT2D eigenvalue weighted by Gasteiger charge is 2.29. The molecule has 0 radical (unpaired) electrons. The lowest BCUT2D eigenvalue weighted by atomic mass is 10.0. The Balaban J connectivity index is 0.00000882. The van der Waals surface area contributed by atoms with Crippen molar-refractivity contribution in [3.63, 3.8) is 0 Å². The number of hydrogen-bond donors (Lipinski definition) is 5. The molecule has 0 spiro atoms. The zero-order valence-electron chi connectivity index (χ0n) is 24.8. The van der Waals surface area contributed by atoms with Crippen molar-refractivity contribution in [2.24, 2.45) is 5.73 Å². The Hall–Kier alpha value is -3.34. The fourth-order valence-corrected chi connectivity index (χ4v) is 4.04. The zero-order valence-corrected chi connectivity index (χ0v) is 25.6. The first-order chi connectivity index (χ1) is 19.9. The lowest BCUT2D eigenvalue weighted by Gasteiger charge is -2.30. The smallest absolute Gasteiger partial charge is 0.408 e. The predicted octanol–water partition coefficient (Wildman–Crippen LogP) is 4.65. The number of amides is 2. The molecule has 0 saturated heterocycles. The fraction of sp³-hybridized carbons (Fsp3) is 0.516. The molecule has 0 fully saturated rings. The standard InChI is InChI=1S/C31H47N5O5.ClH/c1-3-5-20-39-29(40-21-6-4-2)26(18-13-19-34-30(32)33)35-28(37)27(22-24-14-9-7-10-15-24)36-31(38)41-23-25-16-11-8-12-17-25;/h7-12,14-17,26-27,29H,3-6,13,18-23H2,1-2H3,(H,35,37)(H,36,38)(H4,32,33,34);1H/t26-,27-;/m0./s1. The highest BCUT2D eigenvalue weighted by molar-refractivity contribution is 5.86. The molecule has 0 aliphatic rings. The summed E-state index contributed by atoms with van der Waals surface area (Å²) in [4.78, 5) is 26.5. The Labute approximate surface area is 256 Å². The van der Waals surface area contributed by atoms with Crippen LogP contribution in [0.1, 0.15) is 63.5 Å². The molecule has 2 aromatic carbocycles. The van der Waals surface area contributed by atoms with E-state index in [0.717, 1.165) is 36.8 Å². The van der Waals surface area contributed by atoms with Crippen LogP contribution in [0.5, 0.6) is 0 Å². The van der Waals surface area contributed by atoms with Crippen molar-refractivity contribution >= 4 is 30.4 Å². The number of nitrogens with two attached hydrogens (primary N) is 1. The van der Waals surface area contributed by atoms with Crippen LogP contribution in [0.15, 0.2) is 60.7 Å². The SMILES string of the molecule is CCCCOC(OCCCC)[C@H](CCCNC(=N)N)NC(=O)[C@H](Cc1ccccc1)NC(=O)OCc1ccccc1.Cl. The molecule has 2 rings (SSSR count). The lowest BCUT2D eigenvalue weighted by molar-refractivity contribution is -0.165. The van der Waals surface area contributed by atoms with Crippen LogP contribution >= 0.6 is 12.4 Å². The van der Waals surface area contributed by atoms with Gasteiger partial charge in [0.15, 0.2) is 12.2 Å². The Morgan fingerprint density at radius 3 is 1.98 bits per heavy atom. The minimum Gasteiger partial charge on any atom is -0.445 e. The molecule has 0 heterocycles. The molecule has 0 aliphatic carbocycles. The molecule has 11 heteroatoms. The van der Waals surface area contributed by atoms with Gasteiger partial charge in [0.1, 0.15) is 12.6 Å². The van der Waals surface area contributed by atoms with Crippen LogP contribution in [0.3, 0.4) is 0 Å². The molecular formula is C31H48ClN5O5. The number of ether oxygens (including phenoxy) is 3. The normalized spacial score (nSPS) is 12.1. The third-order valence-electron chi connectivity index (χ3n) is 6.33. The highest BCUT2D eigenvalue weighted by atomic mass is 35.5. The first-order valence-electron chi connectivity index (χ1n) is 14.6. The molecule has 42 heavy (non-hydrogen) atoms. The van der Waals surface area contributed by atoms with Gasteiger partial charge in [-0.05, 0) is 36.8 Å². The number of carbonyl (C=O) groups excluding carboxylic acids is 2. The van der Waals surface area contributed by atoms with Gasteiger partial charge in [0, 0.05) is 26.2 Å². The maximum Gasteiger partial charge on any atom is 0.408 e. The summed E-state index contributed by atoms with van der Waals surface area (Å²) in [5, 5.41) is 16.1. The van der Waals surface area contributed by atoms with Crippen molar-refractivity contribution < 1.29 is 23.8 Å². The van der Waals surface area contributed by atoms with Crippen molar-refractivity contribution in [1.29, 1.82) is 5.41 Å². The van der Waals surface area contributed by atoms with Gasteiger partial charge < -0.3 is 35.9 Å². The maximum atomic E-state index is 13.7. The molecule has 2 atom stereocenters. The van der Waals surface area contributed by atoms with Crippen molar-refractivity contribution in [1.82, 2.24) is 16.0 Å². The first-order valence-corrected chi connectivity index (χ1v) is 14.6. The van der Waals surface area contributed by atoms with Crippen molar-refractivity contribution in [2.45, 2.75) is 83.8 Å². The third-order valence-corrected chi connectivity index (χ3v) is 6.33. The summed E-state index contributed by atoms with van der Waals surface area (Å²) in [5.74, 6) is -0.472. The van der Waals surface area contributed by atoms with E-state index in [1.165, 1.54) is 0 Å². The second-order valence-corrected chi connectivity index (χ2v) is 9.86. The number of halogens is 1. The lowest BCUT2D eigenvalue weighted by Crippen LogP contribution is -2.54. The molecule has 0 aromatic heterocycles. The van der Waals surface area contributed by atoms with E-state index in [1.807, 2.05) is 60.7 Å². The average molecular weight is 606 g/mol. The molecule has 2 amide bonds. The summed E-state index contributed by atoms with van der Waals surface area (Å²) in [6.07, 6.45) is 3.75. The molecule has 0 saturated carbocycles. The molecule has 0 bridgehead atoms. The summed E-state index contributed by atoms with van der Waals surface area (Å²) < 4.78 is 17.6. The summed E-state index contributed by atoms with van der Waals surface area (Å²) in [5.41, 5.74) is 7.18. The molecule has 6 N–H and O–H groups in total. The maximum absolute atomic E-state index is 13.7. The Kier molecular flexibility index (Phi) is 19.5. The predicted molar refractivity (Wildman–Crippen MR) is 168 cm³/mol. The minimum absolute atomic E-state index is 0. The summed E-state index contributed by atoms with van der Waals surface area (Å²) in [7, 11) is 0. The number of benzene rings is 2. The van der Waals surface area contributed by atoms with E-state index in [1.54, 1.807) is 0 Å². The average Bonchev–Trinajstić information content (AvgIpc) is 2.97. The van der Waals surface area contributed by atoms with Gasteiger partial charge in [-0.2, -0.15) is 0 Å². The van der Waals surface area contributed by atoms with Crippen molar-refractivity contribution in [3.8, 4) is 0 Å². The molecule has 0 aliphatic heterocycles. The Morgan fingerprint density at radius 2 is 1.43 bits per heavy atom. The quantitative estimate of drug-likeness (QED) is 0.0638.